The fourth-order valence-electron chi connectivity index (χ4n) is 4.03. The summed E-state index contributed by atoms with van der Waals surface area (Å²) in [5, 5.41) is 17.0. The van der Waals surface area contributed by atoms with Crippen LogP contribution in [0.2, 0.25) is 0 Å². The van der Waals surface area contributed by atoms with E-state index in [0.717, 1.165) is 30.5 Å². The lowest BCUT2D eigenvalue weighted by molar-refractivity contribution is 0.185. The van der Waals surface area contributed by atoms with Gasteiger partial charge in [-0.15, -0.1) is 0 Å². The summed E-state index contributed by atoms with van der Waals surface area (Å²) >= 11 is 0. The van der Waals surface area contributed by atoms with Crippen molar-refractivity contribution >= 4 is 11.7 Å². The van der Waals surface area contributed by atoms with Gasteiger partial charge in [-0.3, -0.25) is 4.68 Å². The van der Waals surface area contributed by atoms with Crippen molar-refractivity contribution in [2.24, 2.45) is 0 Å². The van der Waals surface area contributed by atoms with E-state index in [4.69, 9.17) is 0 Å². The molecule has 156 valence electrons. The van der Waals surface area contributed by atoms with Gasteiger partial charge < -0.3 is 15.3 Å². The SMILES string of the molecule is O=C(Nc1cccc2c1CCCC2)N(CCO)Cc1cnn(Cc2ccccc2)c1. The van der Waals surface area contributed by atoms with Gasteiger partial charge in [0.25, 0.3) is 0 Å². The Morgan fingerprint density at radius 2 is 1.90 bits per heavy atom. The number of rotatable bonds is 7. The van der Waals surface area contributed by atoms with Crippen molar-refractivity contribution in [2.45, 2.75) is 38.8 Å². The van der Waals surface area contributed by atoms with Crippen LogP contribution in [0, 0.1) is 0 Å². The second-order valence-corrected chi connectivity index (χ2v) is 7.76. The number of benzene rings is 2. The number of aliphatic hydroxyl groups excluding tert-OH is 1. The van der Waals surface area contributed by atoms with Crippen molar-refractivity contribution in [1.29, 1.82) is 0 Å². The predicted molar refractivity (Wildman–Crippen MR) is 117 cm³/mol. The minimum absolute atomic E-state index is 0.0849. The van der Waals surface area contributed by atoms with E-state index in [9.17, 15) is 9.90 Å². The van der Waals surface area contributed by atoms with Gasteiger partial charge in [-0.2, -0.15) is 5.10 Å². The smallest absolute Gasteiger partial charge is 0.322 e. The average Bonchev–Trinajstić information content (AvgIpc) is 3.21. The van der Waals surface area contributed by atoms with Crippen molar-refractivity contribution in [3.63, 3.8) is 0 Å². The Hall–Kier alpha value is -3.12. The van der Waals surface area contributed by atoms with E-state index >= 15 is 0 Å². The molecule has 0 aliphatic heterocycles. The highest BCUT2D eigenvalue weighted by Gasteiger charge is 2.18. The molecule has 1 aliphatic carbocycles. The van der Waals surface area contributed by atoms with Gasteiger partial charge in [-0.05, 0) is 48.4 Å². The van der Waals surface area contributed by atoms with E-state index in [2.05, 4.69) is 28.6 Å². The first-order chi connectivity index (χ1) is 14.7. The molecule has 30 heavy (non-hydrogen) atoms. The van der Waals surface area contributed by atoms with Crippen LogP contribution in [-0.2, 0) is 25.9 Å². The molecule has 0 saturated carbocycles. The minimum atomic E-state index is -0.196. The molecule has 6 heteroatoms. The number of hydrogen-bond donors (Lipinski definition) is 2. The summed E-state index contributed by atoms with van der Waals surface area (Å²) in [6.07, 6.45) is 8.16. The molecule has 2 N–H and O–H groups in total. The lowest BCUT2D eigenvalue weighted by Gasteiger charge is -2.24. The van der Waals surface area contributed by atoms with Gasteiger partial charge >= 0.3 is 6.03 Å². The molecule has 3 aromatic rings. The fraction of sp³-hybridized carbons (Fsp3) is 0.333. The molecule has 1 aliphatic rings. The summed E-state index contributed by atoms with van der Waals surface area (Å²) in [4.78, 5) is 14.6. The quantitative estimate of drug-likeness (QED) is 0.629. The third-order valence-corrected chi connectivity index (χ3v) is 5.54. The molecule has 6 nitrogen and oxygen atoms in total. The Bertz CT molecular complexity index is 984. The Labute approximate surface area is 177 Å². The van der Waals surface area contributed by atoms with Crippen LogP contribution in [0.5, 0.6) is 0 Å². The summed E-state index contributed by atoms with van der Waals surface area (Å²) in [5.41, 5.74) is 5.57. The number of nitrogens with one attached hydrogen (secondary N) is 1. The molecule has 0 unspecified atom stereocenters. The molecular formula is C24H28N4O2. The number of nitrogens with zero attached hydrogens (tertiary/aromatic N) is 3. The van der Waals surface area contributed by atoms with Crippen LogP contribution < -0.4 is 5.32 Å². The third kappa shape index (κ3) is 4.89. The van der Waals surface area contributed by atoms with Crippen molar-refractivity contribution in [2.75, 3.05) is 18.5 Å². The van der Waals surface area contributed by atoms with Gasteiger partial charge in [-0.25, -0.2) is 4.79 Å². The van der Waals surface area contributed by atoms with Gasteiger partial charge in [0.15, 0.2) is 0 Å². The number of hydrogen-bond acceptors (Lipinski definition) is 3. The summed E-state index contributed by atoms with van der Waals surface area (Å²) in [6, 6.07) is 16.1. The van der Waals surface area contributed by atoms with E-state index in [0.29, 0.717) is 13.1 Å². The van der Waals surface area contributed by atoms with E-state index in [1.807, 2.05) is 41.2 Å². The number of aromatic nitrogens is 2. The molecule has 1 heterocycles. The summed E-state index contributed by atoms with van der Waals surface area (Å²) in [5.74, 6) is 0. The maximum Gasteiger partial charge on any atom is 0.322 e. The first kappa shape index (κ1) is 20.2. The summed E-state index contributed by atoms with van der Waals surface area (Å²) in [7, 11) is 0. The zero-order chi connectivity index (χ0) is 20.8. The normalized spacial score (nSPS) is 13.0. The van der Waals surface area contributed by atoms with Crippen molar-refractivity contribution in [3.8, 4) is 0 Å². The maximum atomic E-state index is 13.0. The lowest BCUT2D eigenvalue weighted by Crippen LogP contribution is -2.36. The Balaban J connectivity index is 1.43. The van der Waals surface area contributed by atoms with Crippen molar-refractivity contribution in [1.82, 2.24) is 14.7 Å². The summed E-state index contributed by atoms with van der Waals surface area (Å²) in [6.45, 7) is 1.27. The molecule has 0 fully saturated rings. The number of carbonyl (C=O) groups is 1. The average molecular weight is 405 g/mol. The van der Waals surface area contributed by atoms with Crippen LogP contribution in [0.25, 0.3) is 0 Å². The van der Waals surface area contributed by atoms with Gasteiger partial charge in [0, 0.05) is 24.0 Å². The molecule has 0 spiro atoms. The van der Waals surface area contributed by atoms with E-state index in [1.54, 1.807) is 11.1 Å². The molecule has 2 aromatic carbocycles. The van der Waals surface area contributed by atoms with Gasteiger partial charge in [0.05, 0.1) is 25.9 Å². The highest BCUT2D eigenvalue weighted by molar-refractivity contribution is 5.90. The number of urea groups is 1. The third-order valence-electron chi connectivity index (χ3n) is 5.54. The topological polar surface area (TPSA) is 70.4 Å². The first-order valence-corrected chi connectivity index (χ1v) is 10.6. The van der Waals surface area contributed by atoms with E-state index in [1.165, 1.54) is 23.1 Å². The number of amides is 2. The maximum absolute atomic E-state index is 13.0. The first-order valence-electron chi connectivity index (χ1n) is 10.6. The second-order valence-electron chi connectivity index (χ2n) is 7.76. The number of aliphatic hydroxyl groups is 1. The molecule has 2 amide bonds. The molecule has 4 rings (SSSR count). The zero-order valence-electron chi connectivity index (χ0n) is 17.1. The zero-order valence-corrected chi connectivity index (χ0v) is 17.1. The summed E-state index contributed by atoms with van der Waals surface area (Å²) < 4.78 is 1.87. The second kappa shape index (κ2) is 9.59. The largest absolute Gasteiger partial charge is 0.395 e. The van der Waals surface area contributed by atoms with Crippen LogP contribution >= 0.6 is 0 Å². The van der Waals surface area contributed by atoms with Crippen LogP contribution in [0.1, 0.15) is 35.1 Å². The van der Waals surface area contributed by atoms with E-state index < -0.39 is 0 Å². The van der Waals surface area contributed by atoms with Crippen LogP contribution in [0.3, 0.4) is 0 Å². The highest BCUT2D eigenvalue weighted by atomic mass is 16.3. The molecule has 1 aromatic heterocycles. The van der Waals surface area contributed by atoms with Gasteiger partial charge in [0.1, 0.15) is 0 Å². The minimum Gasteiger partial charge on any atom is -0.395 e. The number of carbonyl (C=O) groups excluding carboxylic acids is 1. The molecule has 0 atom stereocenters. The molecular weight excluding hydrogens is 376 g/mol. The number of aryl methyl sites for hydroxylation is 1. The molecule has 0 saturated heterocycles. The van der Waals surface area contributed by atoms with Gasteiger partial charge in [0.2, 0.25) is 0 Å². The molecule has 0 bridgehead atoms. The van der Waals surface area contributed by atoms with Crippen LogP contribution in [0.15, 0.2) is 60.9 Å². The monoisotopic (exact) mass is 404 g/mol. The van der Waals surface area contributed by atoms with Crippen molar-refractivity contribution in [3.05, 3.63) is 83.2 Å². The standard InChI is InChI=1S/C24H28N4O2/c29-14-13-27(16-20-15-25-28(18-20)17-19-7-2-1-3-8-19)24(30)26-23-12-6-10-21-9-4-5-11-22(21)23/h1-3,6-8,10,12,15,18,29H,4-5,9,11,13-14,16-17H2,(H,26,30). The van der Waals surface area contributed by atoms with Crippen LogP contribution in [0.4, 0.5) is 10.5 Å². The number of fused-ring (bicyclic) bond motifs is 1. The molecule has 0 radical (unpaired) electrons. The Kier molecular flexibility index (Phi) is 6.44. The Morgan fingerprint density at radius 3 is 2.73 bits per heavy atom. The lowest BCUT2D eigenvalue weighted by atomic mass is 9.90. The highest BCUT2D eigenvalue weighted by Crippen LogP contribution is 2.28. The van der Waals surface area contributed by atoms with Crippen LogP contribution in [-0.4, -0.2) is 39.0 Å². The van der Waals surface area contributed by atoms with Gasteiger partial charge in [-0.1, -0.05) is 42.5 Å². The number of anilines is 1. The Morgan fingerprint density at radius 1 is 1.07 bits per heavy atom. The fourth-order valence-corrected chi connectivity index (χ4v) is 4.03. The van der Waals surface area contributed by atoms with E-state index in [-0.39, 0.29) is 19.2 Å². The van der Waals surface area contributed by atoms with Crippen molar-refractivity contribution < 1.29 is 9.90 Å². The predicted octanol–water partition coefficient (Wildman–Crippen LogP) is 3.84.